The van der Waals surface area contributed by atoms with Gasteiger partial charge >= 0.3 is 11.8 Å². The van der Waals surface area contributed by atoms with E-state index in [1.54, 1.807) is 0 Å². The lowest BCUT2D eigenvalue weighted by atomic mass is 10.2. The van der Waals surface area contributed by atoms with Crippen molar-refractivity contribution in [1.29, 1.82) is 0 Å². The van der Waals surface area contributed by atoms with Crippen molar-refractivity contribution < 1.29 is 24.2 Å². The topological polar surface area (TPSA) is 96.9 Å². The summed E-state index contributed by atoms with van der Waals surface area (Å²) in [4.78, 5) is 24.0. The molecule has 0 radical (unpaired) electrons. The summed E-state index contributed by atoms with van der Waals surface area (Å²) in [6, 6.07) is 8.74. The Kier molecular flexibility index (Phi) is 5.49. The summed E-state index contributed by atoms with van der Waals surface area (Å²) in [5.41, 5.74) is 0.519. The minimum absolute atomic E-state index is 0.0303. The highest BCUT2D eigenvalue weighted by Gasteiger charge is 2.18. The zero-order valence-electron chi connectivity index (χ0n) is 12.9. The molecule has 0 saturated heterocycles. The third-order valence-corrected chi connectivity index (χ3v) is 3.33. The van der Waals surface area contributed by atoms with Crippen LogP contribution >= 0.6 is 11.6 Å². The summed E-state index contributed by atoms with van der Waals surface area (Å²) in [7, 11) is 2.83. The Labute approximate surface area is 143 Å². The highest BCUT2D eigenvalue weighted by molar-refractivity contribution is 6.44. The summed E-state index contributed by atoms with van der Waals surface area (Å²) < 4.78 is 10.2. The predicted molar refractivity (Wildman–Crippen MR) is 89.9 cm³/mol. The van der Waals surface area contributed by atoms with Crippen molar-refractivity contribution in [3.8, 4) is 17.2 Å². The van der Waals surface area contributed by atoms with E-state index >= 15 is 0 Å². The number of hydrogen-bond donors (Lipinski definition) is 3. The molecule has 0 aliphatic heterocycles. The largest absolute Gasteiger partial charge is 0.508 e. The number of nitrogens with one attached hydrogen (secondary N) is 2. The molecule has 2 aromatic carbocycles. The Morgan fingerprint density at radius 2 is 1.67 bits per heavy atom. The van der Waals surface area contributed by atoms with Crippen LogP contribution in [0.5, 0.6) is 17.2 Å². The first kappa shape index (κ1) is 17.4. The van der Waals surface area contributed by atoms with Crippen LogP contribution in [0.15, 0.2) is 36.4 Å². The molecule has 7 nitrogen and oxygen atoms in total. The Morgan fingerprint density at radius 1 is 1.00 bits per heavy atom. The number of aromatic hydroxyl groups is 1. The molecule has 0 fully saturated rings. The summed E-state index contributed by atoms with van der Waals surface area (Å²) in [6.07, 6.45) is 0. The second-order valence-corrected chi connectivity index (χ2v) is 5.05. The molecule has 126 valence electrons. The smallest absolute Gasteiger partial charge is 0.314 e. The molecule has 0 aromatic heterocycles. The van der Waals surface area contributed by atoms with Crippen molar-refractivity contribution in [2.24, 2.45) is 0 Å². The molecule has 24 heavy (non-hydrogen) atoms. The predicted octanol–water partition coefficient (Wildman–Crippen LogP) is 2.64. The maximum Gasteiger partial charge on any atom is 0.314 e. The van der Waals surface area contributed by atoms with Crippen molar-refractivity contribution in [1.82, 2.24) is 0 Å². The fourth-order valence-corrected chi connectivity index (χ4v) is 2.14. The number of methoxy groups -OCH3 is 2. The molecule has 0 unspecified atom stereocenters. The zero-order chi connectivity index (χ0) is 17.7. The molecule has 0 heterocycles. The molecule has 2 aromatic rings. The van der Waals surface area contributed by atoms with Crippen molar-refractivity contribution in [3.05, 3.63) is 41.4 Å². The van der Waals surface area contributed by atoms with Crippen LogP contribution in [0, 0.1) is 0 Å². The van der Waals surface area contributed by atoms with Crippen LogP contribution in [0.1, 0.15) is 0 Å². The number of phenolic OH excluding ortho intramolecular Hbond substituents is 1. The van der Waals surface area contributed by atoms with Gasteiger partial charge in [-0.15, -0.1) is 0 Å². The van der Waals surface area contributed by atoms with Crippen LogP contribution in [0.2, 0.25) is 5.02 Å². The molecule has 0 saturated carbocycles. The van der Waals surface area contributed by atoms with Crippen molar-refractivity contribution in [2.75, 3.05) is 24.9 Å². The van der Waals surface area contributed by atoms with E-state index in [4.69, 9.17) is 21.1 Å². The molecule has 2 rings (SSSR count). The average molecular weight is 351 g/mol. The minimum Gasteiger partial charge on any atom is -0.508 e. The van der Waals surface area contributed by atoms with Crippen molar-refractivity contribution >= 4 is 34.8 Å². The average Bonchev–Trinajstić information content (AvgIpc) is 2.55. The van der Waals surface area contributed by atoms with E-state index in [-0.39, 0.29) is 22.9 Å². The zero-order valence-corrected chi connectivity index (χ0v) is 13.7. The maximum absolute atomic E-state index is 12.0. The van der Waals surface area contributed by atoms with Crippen LogP contribution in [0.4, 0.5) is 11.4 Å². The highest BCUT2D eigenvalue weighted by Crippen LogP contribution is 2.35. The number of hydrogen-bond acceptors (Lipinski definition) is 5. The van der Waals surface area contributed by atoms with Gasteiger partial charge in [-0.2, -0.15) is 0 Å². The van der Waals surface area contributed by atoms with Crippen molar-refractivity contribution in [3.63, 3.8) is 0 Å². The highest BCUT2D eigenvalue weighted by atomic mass is 35.5. The Balaban J connectivity index is 2.15. The van der Waals surface area contributed by atoms with Gasteiger partial charge in [-0.05, 0) is 12.1 Å². The van der Waals surface area contributed by atoms with Crippen LogP contribution in [-0.2, 0) is 9.59 Å². The monoisotopic (exact) mass is 350 g/mol. The number of anilines is 2. The number of halogens is 1. The molecule has 0 atom stereocenters. The minimum atomic E-state index is -0.916. The molecule has 0 aliphatic carbocycles. The van der Waals surface area contributed by atoms with Crippen LogP contribution in [0.3, 0.4) is 0 Å². The second kappa shape index (κ2) is 7.56. The van der Waals surface area contributed by atoms with Crippen LogP contribution in [0.25, 0.3) is 0 Å². The van der Waals surface area contributed by atoms with E-state index in [2.05, 4.69) is 10.6 Å². The van der Waals surface area contributed by atoms with Gasteiger partial charge in [0.1, 0.15) is 17.2 Å². The lowest BCUT2D eigenvalue weighted by molar-refractivity contribution is -0.133. The number of carbonyl (C=O) groups is 2. The van der Waals surface area contributed by atoms with Crippen LogP contribution in [-0.4, -0.2) is 31.1 Å². The van der Waals surface area contributed by atoms with E-state index in [1.807, 2.05) is 0 Å². The second-order valence-electron chi connectivity index (χ2n) is 4.65. The quantitative estimate of drug-likeness (QED) is 0.736. The number of benzene rings is 2. The lowest BCUT2D eigenvalue weighted by Gasteiger charge is -2.13. The normalized spacial score (nSPS) is 9.96. The molecule has 8 heteroatoms. The van der Waals surface area contributed by atoms with E-state index in [9.17, 15) is 14.7 Å². The van der Waals surface area contributed by atoms with Gasteiger partial charge in [-0.3, -0.25) is 9.59 Å². The summed E-state index contributed by atoms with van der Waals surface area (Å²) in [5.74, 6) is -1.25. The molecule has 3 N–H and O–H groups in total. The third-order valence-electron chi connectivity index (χ3n) is 3.03. The van der Waals surface area contributed by atoms with Gasteiger partial charge in [0.05, 0.1) is 24.9 Å². The Hall–Kier alpha value is -2.93. The number of phenols is 1. The van der Waals surface area contributed by atoms with Gasteiger partial charge in [-0.25, -0.2) is 0 Å². The number of amides is 2. The molecular formula is C16H15ClN2O5. The lowest BCUT2D eigenvalue weighted by Crippen LogP contribution is -2.29. The fourth-order valence-electron chi connectivity index (χ4n) is 1.91. The third kappa shape index (κ3) is 4.08. The molecule has 0 aliphatic rings. The summed E-state index contributed by atoms with van der Waals surface area (Å²) in [6.45, 7) is 0. The van der Waals surface area contributed by atoms with Gasteiger partial charge < -0.3 is 25.2 Å². The molecular weight excluding hydrogens is 336 g/mol. The standard InChI is InChI=1S/C16H15ClN2O5/c1-23-13-8-12(14(24-2)7-11(13)17)19-16(22)15(21)18-9-4-3-5-10(20)6-9/h3-8,20H,1-2H3,(H,18,21)(H,19,22). The van der Waals surface area contributed by atoms with E-state index in [1.165, 1.54) is 50.6 Å². The Morgan fingerprint density at radius 3 is 2.29 bits per heavy atom. The van der Waals surface area contributed by atoms with E-state index in [0.717, 1.165) is 0 Å². The number of carbonyl (C=O) groups excluding carboxylic acids is 2. The van der Waals surface area contributed by atoms with Crippen molar-refractivity contribution in [2.45, 2.75) is 0 Å². The molecule has 0 bridgehead atoms. The van der Waals surface area contributed by atoms with Gasteiger partial charge in [-0.1, -0.05) is 17.7 Å². The maximum atomic E-state index is 12.0. The van der Waals surface area contributed by atoms with E-state index < -0.39 is 11.8 Å². The first-order valence-corrected chi connectivity index (χ1v) is 7.15. The van der Waals surface area contributed by atoms with Crippen LogP contribution < -0.4 is 20.1 Å². The summed E-state index contributed by atoms with van der Waals surface area (Å²) >= 11 is 5.98. The fraction of sp³-hybridized carbons (Fsp3) is 0.125. The molecule has 0 spiro atoms. The first-order chi connectivity index (χ1) is 11.4. The summed E-state index contributed by atoms with van der Waals surface area (Å²) in [5, 5.41) is 14.5. The Bertz CT molecular complexity index is 779. The van der Waals surface area contributed by atoms with Gasteiger partial charge in [0.25, 0.3) is 0 Å². The van der Waals surface area contributed by atoms with Gasteiger partial charge in [0.2, 0.25) is 0 Å². The SMILES string of the molecule is COc1cc(NC(=O)C(=O)Nc2cccc(O)c2)c(OC)cc1Cl. The van der Waals surface area contributed by atoms with Gasteiger partial charge in [0.15, 0.2) is 0 Å². The first-order valence-electron chi connectivity index (χ1n) is 6.77. The number of rotatable bonds is 4. The molecule has 2 amide bonds. The number of ether oxygens (including phenoxy) is 2. The van der Waals surface area contributed by atoms with Gasteiger partial charge in [0, 0.05) is 23.9 Å². The van der Waals surface area contributed by atoms with E-state index in [0.29, 0.717) is 10.8 Å².